The molecule has 0 aliphatic heterocycles. The normalized spacial score (nSPS) is 11.4. The summed E-state index contributed by atoms with van der Waals surface area (Å²) < 4.78 is 56.6. The van der Waals surface area contributed by atoms with Gasteiger partial charge in [0.1, 0.15) is 11.6 Å². The Morgan fingerprint density at radius 3 is 2.50 bits per heavy atom. The summed E-state index contributed by atoms with van der Waals surface area (Å²) in [6.07, 6.45) is -3.37. The first-order chi connectivity index (χ1) is 9.34. The molecule has 20 heavy (non-hydrogen) atoms. The molecule has 3 nitrogen and oxygen atoms in total. The van der Waals surface area contributed by atoms with Crippen LogP contribution in [-0.4, -0.2) is 12.1 Å². The van der Waals surface area contributed by atoms with E-state index in [-0.39, 0.29) is 16.9 Å². The third kappa shape index (κ3) is 2.52. The van der Waals surface area contributed by atoms with Gasteiger partial charge in [-0.2, -0.15) is 13.2 Å². The average Bonchev–Trinajstić information content (AvgIpc) is 2.38. The number of halogens is 4. The van der Waals surface area contributed by atoms with Gasteiger partial charge in [0.25, 0.3) is 5.56 Å². The molecule has 2 rings (SSSR count). The molecule has 1 aromatic heterocycles. The number of H-pyrrole nitrogens is 1. The number of nitrogens with one attached hydrogen (secondary N) is 1. The molecule has 0 radical (unpaired) electrons. The summed E-state index contributed by atoms with van der Waals surface area (Å²) in [5.41, 5.74) is -2.20. The first-order valence-corrected chi connectivity index (χ1v) is 5.47. The second kappa shape index (κ2) is 4.99. The number of ether oxygens (including phenoxy) is 1. The van der Waals surface area contributed by atoms with E-state index >= 15 is 0 Å². The first-order valence-electron chi connectivity index (χ1n) is 5.47. The molecular formula is C13H9F4NO2. The first kappa shape index (κ1) is 14.1. The summed E-state index contributed by atoms with van der Waals surface area (Å²) in [4.78, 5) is 13.9. The Hall–Kier alpha value is -2.31. The summed E-state index contributed by atoms with van der Waals surface area (Å²) in [6.45, 7) is 0. The third-order valence-corrected chi connectivity index (χ3v) is 2.69. The highest BCUT2D eigenvalue weighted by Crippen LogP contribution is 2.38. The number of hydrogen-bond acceptors (Lipinski definition) is 2. The molecule has 0 aliphatic rings. The van der Waals surface area contributed by atoms with Crippen molar-refractivity contribution in [3.8, 4) is 16.9 Å². The molecule has 0 unspecified atom stereocenters. The molecule has 2 aromatic rings. The van der Waals surface area contributed by atoms with Crippen LogP contribution in [0.5, 0.6) is 5.75 Å². The number of alkyl halides is 3. The number of rotatable bonds is 2. The second-order valence-corrected chi connectivity index (χ2v) is 3.95. The van der Waals surface area contributed by atoms with Crippen molar-refractivity contribution >= 4 is 0 Å². The third-order valence-electron chi connectivity index (χ3n) is 2.69. The van der Waals surface area contributed by atoms with Gasteiger partial charge in [-0.1, -0.05) is 0 Å². The maximum Gasteiger partial charge on any atom is 0.416 e. The van der Waals surface area contributed by atoms with E-state index in [1.165, 1.54) is 18.3 Å². The van der Waals surface area contributed by atoms with Crippen LogP contribution in [0.2, 0.25) is 0 Å². The second-order valence-electron chi connectivity index (χ2n) is 3.95. The highest BCUT2D eigenvalue weighted by Gasteiger charge is 2.33. The van der Waals surface area contributed by atoms with Crippen LogP contribution in [0.3, 0.4) is 0 Å². The number of aromatic amines is 1. The maximum absolute atomic E-state index is 14.0. The van der Waals surface area contributed by atoms with Crippen LogP contribution in [0.15, 0.2) is 35.3 Å². The predicted octanol–water partition coefficient (Wildman–Crippen LogP) is 3.21. The molecule has 0 amide bonds. The Labute approximate surface area is 110 Å². The van der Waals surface area contributed by atoms with E-state index in [9.17, 15) is 22.4 Å². The summed E-state index contributed by atoms with van der Waals surface area (Å²) in [5.74, 6) is -1.53. The number of methoxy groups -OCH3 is 1. The van der Waals surface area contributed by atoms with E-state index in [0.717, 1.165) is 7.11 Å². The van der Waals surface area contributed by atoms with Crippen LogP contribution in [0.1, 0.15) is 5.56 Å². The van der Waals surface area contributed by atoms with Gasteiger partial charge in [-0.15, -0.1) is 0 Å². The predicted molar refractivity (Wildman–Crippen MR) is 64.0 cm³/mol. The fourth-order valence-corrected chi connectivity index (χ4v) is 1.79. The molecule has 7 heteroatoms. The molecule has 0 saturated carbocycles. The molecule has 0 spiro atoms. The van der Waals surface area contributed by atoms with Gasteiger partial charge in [-0.25, -0.2) is 4.39 Å². The van der Waals surface area contributed by atoms with Gasteiger partial charge in [0.15, 0.2) is 0 Å². The van der Waals surface area contributed by atoms with Crippen molar-refractivity contribution in [1.82, 2.24) is 4.98 Å². The van der Waals surface area contributed by atoms with Crippen LogP contribution < -0.4 is 10.3 Å². The Morgan fingerprint density at radius 1 is 1.25 bits per heavy atom. The van der Waals surface area contributed by atoms with Gasteiger partial charge >= 0.3 is 6.18 Å². The lowest BCUT2D eigenvalue weighted by molar-refractivity contribution is -0.137. The van der Waals surface area contributed by atoms with Gasteiger partial charge in [0, 0.05) is 6.20 Å². The SMILES string of the molecule is COc1cc(C(F)(F)F)cc(F)c1-c1ccc[nH]c1=O. The summed E-state index contributed by atoms with van der Waals surface area (Å²) in [7, 11) is 1.11. The topological polar surface area (TPSA) is 42.1 Å². The van der Waals surface area contributed by atoms with Crippen molar-refractivity contribution in [2.75, 3.05) is 7.11 Å². The van der Waals surface area contributed by atoms with Crippen molar-refractivity contribution < 1.29 is 22.3 Å². The molecule has 1 N–H and O–H groups in total. The minimum absolute atomic E-state index is 0.101. The molecular weight excluding hydrogens is 278 g/mol. The Bertz CT molecular complexity index is 692. The van der Waals surface area contributed by atoms with Crippen LogP contribution in [-0.2, 0) is 6.18 Å². The average molecular weight is 287 g/mol. The molecule has 1 heterocycles. The standard InChI is InChI=1S/C13H9F4NO2/c1-20-10-6-7(13(15,16)17)5-9(14)11(10)8-3-2-4-18-12(8)19/h2-6H,1H3,(H,18,19). The summed E-state index contributed by atoms with van der Waals surface area (Å²) >= 11 is 0. The lowest BCUT2D eigenvalue weighted by Gasteiger charge is -2.13. The zero-order valence-electron chi connectivity index (χ0n) is 10.2. The molecule has 0 saturated heterocycles. The van der Waals surface area contributed by atoms with E-state index in [1.807, 2.05) is 0 Å². The van der Waals surface area contributed by atoms with Gasteiger partial charge in [-0.3, -0.25) is 4.79 Å². The van der Waals surface area contributed by atoms with Crippen molar-refractivity contribution in [2.24, 2.45) is 0 Å². The molecule has 0 fully saturated rings. The number of pyridine rings is 1. The van der Waals surface area contributed by atoms with Crippen molar-refractivity contribution in [3.63, 3.8) is 0 Å². The zero-order valence-corrected chi connectivity index (χ0v) is 10.2. The zero-order chi connectivity index (χ0) is 14.9. The minimum Gasteiger partial charge on any atom is -0.496 e. The van der Waals surface area contributed by atoms with Gasteiger partial charge < -0.3 is 9.72 Å². The van der Waals surface area contributed by atoms with Crippen LogP contribution >= 0.6 is 0 Å². The lowest BCUT2D eigenvalue weighted by atomic mass is 10.0. The molecule has 106 valence electrons. The lowest BCUT2D eigenvalue weighted by Crippen LogP contribution is -2.11. The van der Waals surface area contributed by atoms with Gasteiger partial charge in [0.05, 0.1) is 23.8 Å². The molecule has 0 aliphatic carbocycles. The highest BCUT2D eigenvalue weighted by atomic mass is 19.4. The molecule has 0 atom stereocenters. The Kier molecular flexibility index (Phi) is 3.52. The van der Waals surface area contributed by atoms with E-state index in [4.69, 9.17) is 4.74 Å². The van der Waals surface area contributed by atoms with E-state index in [2.05, 4.69) is 4.98 Å². The van der Waals surface area contributed by atoms with Gasteiger partial charge in [0.2, 0.25) is 0 Å². The fraction of sp³-hybridized carbons (Fsp3) is 0.154. The van der Waals surface area contributed by atoms with E-state index < -0.39 is 23.1 Å². The van der Waals surface area contributed by atoms with Crippen LogP contribution in [0.4, 0.5) is 17.6 Å². The summed E-state index contributed by atoms with van der Waals surface area (Å²) in [5, 5.41) is 0. The number of hydrogen-bond donors (Lipinski definition) is 1. The van der Waals surface area contributed by atoms with Crippen molar-refractivity contribution in [3.05, 3.63) is 52.2 Å². The molecule has 0 bridgehead atoms. The van der Waals surface area contributed by atoms with Crippen LogP contribution in [0.25, 0.3) is 11.1 Å². The largest absolute Gasteiger partial charge is 0.496 e. The number of benzene rings is 1. The highest BCUT2D eigenvalue weighted by molar-refractivity contribution is 5.71. The fourth-order valence-electron chi connectivity index (χ4n) is 1.79. The quantitative estimate of drug-likeness (QED) is 0.862. The Morgan fingerprint density at radius 2 is 1.95 bits per heavy atom. The monoisotopic (exact) mass is 287 g/mol. The minimum atomic E-state index is -4.70. The van der Waals surface area contributed by atoms with E-state index in [1.54, 1.807) is 0 Å². The smallest absolute Gasteiger partial charge is 0.416 e. The van der Waals surface area contributed by atoms with Crippen molar-refractivity contribution in [2.45, 2.75) is 6.18 Å². The Balaban J connectivity index is 2.73. The number of aromatic nitrogens is 1. The van der Waals surface area contributed by atoms with Crippen LogP contribution in [0, 0.1) is 5.82 Å². The maximum atomic E-state index is 14.0. The van der Waals surface area contributed by atoms with E-state index in [0.29, 0.717) is 12.1 Å². The van der Waals surface area contributed by atoms with Gasteiger partial charge in [-0.05, 0) is 24.3 Å². The van der Waals surface area contributed by atoms with Crippen molar-refractivity contribution in [1.29, 1.82) is 0 Å². The summed E-state index contributed by atoms with van der Waals surface area (Å²) in [6, 6.07) is 3.73. The molecule has 1 aromatic carbocycles.